The molecule has 0 bridgehead atoms. The van der Waals surface area contributed by atoms with E-state index in [1.54, 1.807) is 24.0 Å². The summed E-state index contributed by atoms with van der Waals surface area (Å²) < 4.78 is 1.58. The van der Waals surface area contributed by atoms with Crippen molar-refractivity contribution in [1.29, 1.82) is 0 Å². The van der Waals surface area contributed by atoms with Crippen molar-refractivity contribution < 1.29 is 9.90 Å². The van der Waals surface area contributed by atoms with Gasteiger partial charge in [0.1, 0.15) is 5.69 Å². The number of hydrogen-bond donors (Lipinski definition) is 2. The maximum atomic E-state index is 11.7. The van der Waals surface area contributed by atoms with E-state index in [9.17, 15) is 4.79 Å². The highest BCUT2D eigenvalue weighted by Crippen LogP contribution is 2.08. The molecule has 0 aromatic carbocycles. The number of amides is 1. The summed E-state index contributed by atoms with van der Waals surface area (Å²) in [5.41, 5.74) is -0.0212. The number of nitrogens with one attached hydrogen (secondary N) is 1. The third-order valence-corrected chi connectivity index (χ3v) is 2.13. The SMILES string of the molecule is Cn1ccc(C(=O)NC(C)(C)CCO)n1. The molecule has 2 N–H and O–H groups in total. The maximum absolute atomic E-state index is 11.7. The third-order valence-electron chi connectivity index (χ3n) is 2.13. The first-order chi connectivity index (χ1) is 6.94. The smallest absolute Gasteiger partial charge is 0.272 e. The average Bonchev–Trinajstić information content (AvgIpc) is 2.50. The molecule has 5 heteroatoms. The van der Waals surface area contributed by atoms with E-state index in [4.69, 9.17) is 5.11 Å². The Labute approximate surface area is 89.1 Å². The summed E-state index contributed by atoms with van der Waals surface area (Å²) >= 11 is 0. The van der Waals surface area contributed by atoms with Gasteiger partial charge in [-0.05, 0) is 26.3 Å². The summed E-state index contributed by atoms with van der Waals surface area (Å²) in [6, 6.07) is 1.66. The molecule has 1 aromatic heterocycles. The Morgan fingerprint density at radius 1 is 1.67 bits per heavy atom. The quantitative estimate of drug-likeness (QED) is 0.753. The Balaban J connectivity index is 2.63. The van der Waals surface area contributed by atoms with Gasteiger partial charge in [-0.15, -0.1) is 0 Å². The Morgan fingerprint density at radius 2 is 2.33 bits per heavy atom. The zero-order chi connectivity index (χ0) is 11.5. The molecule has 0 aliphatic heterocycles. The molecule has 0 spiro atoms. The van der Waals surface area contributed by atoms with Crippen LogP contribution in [0.2, 0.25) is 0 Å². The first-order valence-corrected chi connectivity index (χ1v) is 4.87. The molecule has 0 saturated heterocycles. The molecule has 0 aliphatic carbocycles. The van der Waals surface area contributed by atoms with Crippen LogP contribution in [0.5, 0.6) is 0 Å². The van der Waals surface area contributed by atoms with Gasteiger partial charge >= 0.3 is 0 Å². The summed E-state index contributed by atoms with van der Waals surface area (Å²) in [6.07, 6.45) is 2.24. The second-order valence-corrected chi connectivity index (χ2v) is 4.19. The van der Waals surface area contributed by atoms with Crippen LogP contribution in [0, 0.1) is 0 Å². The molecular formula is C10H17N3O2. The summed E-state index contributed by atoms with van der Waals surface area (Å²) in [4.78, 5) is 11.7. The molecule has 0 saturated carbocycles. The number of carbonyl (C=O) groups excluding carboxylic acids is 1. The van der Waals surface area contributed by atoms with Crippen LogP contribution in [-0.2, 0) is 7.05 Å². The number of nitrogens with zero attached hydrogens (tertiary/aromatic N) is 2. The molecule has 1 rings (SSSR count). The number of hydrogen-bond acceptors (Lipinski definition) is 3. The van der Waals surface area contributed by atoms with E-state index in [0.29, 0.717) is 12.1 Å². The van der Waals surface area contributed by atoms with Crippen molar-refractivity contribution in [2.45, 2.75) is 25.8 Å². The van der Waals surface area contributed by atoms with E-state index in [-0.39, 0.29) is 12.5 Å². The minimum Gasteiger partial charge on any atom is -0.396 e. The highest BCUT2D eigenvalue weighted by molar-refractivity contribution is 5.92. The monoisotopic (exact) mass is 211 g/mol. The van der Waals surface area contributed by atoms with Crippen LogP contribution >= 0.6 is 0 Å². The summed E-state index contributed by atoms with van der Waals surface area (Å²) in [6.45, 7) is 3.78. The molecule has 1 heterocycles. The number of carbonyl (C=O) groups is 1. The second kappa shape index (κ2) is 4.44. The maximum Gasteiger partial charge on any atom is 0.272 e. The summed E-state index contributed by atoms with van der Waals surface area (Å²) in [5, 5.41) is 15.6. The standard InChI is InChI=1S/C10H17N3O2/c1-10(2,5-7-14)11-9(15)8-4-6-13(3)12-8/h4,6,14H,5,7H2,1-3H3,(H,11,15). The fourth-order valence-electron chi connectivity index (χ4n) is 1.25. The summed E-state index contributed by atoms with van der Waals surface area (Å²) in [7, 11) is 1.76. The van der Waals surface area contributed by atoms with Gasteiger partial charge in [0.2, 0.25) is 0 Å². The van der Waals surface area contributed by atoms with Crippen LogP contribution < -0.4 is 5.32 Å². The van der Waals surface area contributed by atoms with Gasteiger partial charge < -0.3 is 10.4 Å². The third kappa shape index (κ3) is 3.36. The van der Waals surface area contributed by atoms with Crippen LogP contribution in [0.3, 0.4) is 0 Å². The first-order valence-electron chi connectivity index (χ1n) is 4.87. The van der Waals surface area contributed by atoms with Crippen LogP contribution in [0.1, 0.15) is 30.8 Å². The number of rotatable bonds is 4. The van der Waals surface area contributed by atoms with E-state index < -0.39 is 5.54 Å². The molecule has 0 atom stereocenters. The van der Waals surface area contributed by atoms with Gasteiger partial charge in [-0.3, -0.25) is 9.48 Å². The van der Waals surface area contributed by atoms with Gasteiger partial charge in [-0.2, -0.15) is 5.10 Å². The van der Waals surface area contributed by atoms with E-state index in [1.807, 2.05) is 13.8 Å². The van der Waals surface area contributed by atoms with E-state index in [1.165, 1.54) is 0 Å². The molecule has 1 aromatic rings. The Bertz CT molecular complexity index is 344. The van der Waals surface area contributed by atoms with Crippen molar-refractivity contribution in [3.8, 4) is 0 Å². The molecule has 0 aliphatic rings. The minimum atomic E-state index is -0.413. The lowest BCUT2D eigenvalue weighted by Gasteiger charge is -2.24. The second-order valence-electron chi connectivity index (χ2n) is 4.19. The molecule has 0 unspecified atom stereocenters. The lowest BCUT2D eigenvalue weighted by atomic mass is 10.0. The number of aliphatic hydroxyl groups is 1. The molecule has 15 heavy (non-hydrogen) atoms. The van der Waals surface area contributed by atoms with Gasteiger partial charge in [-0.25, -0.2) is 0 Å². The van der Waals surface area contributed by atoms with Crippen molar-refractivity contribution in [3.05, 3.63) is 18.0 Å². The van der Waals surface area contributed by atoms with Gasteiger partial charge in [0, 0.05) is 25.4 Å². The molecule has 84 valence electrons. The Hall–Kier alpha value is -1.36. The van der Waals surface area contributed by atoms with E-state index in [0.717, 1.165) is 0 Å². The highest BCUT2D eigenvalue weighted by Gasteiger charge is 2.21. The lowest BCUT2D eigenvalue weighted by molar-refractivity contribution is 0.0893. The van der Waals surface area contributed by atoms with E-state index >= 15 is 0 Å². The number of aliphatic hydroxyl groups excluding tert-OH is 1. The van der Waals surface area contributed by atoms with Gasteiger partial charge in [-0.1, -0.05) is 0 Å². The van der Waals surface area contributed by atoms with Crippen LogP contribution in [-0.4, -0.2) is 32.9 Å². The minimum absolute atomic E-state index is 0.0511. The van der Waals surface area contributed by atoms with Gasteiger partial charge in [0.15, 0.2) is 0 Å². The first kappa shape index (κ1) is 11.7. The highest BCUT2D eigenvalue weighted by atomic mass is 16.3. The Morgan fingerprint density at radius 3 is 2.80 bits per heavy atom. The number of aryl methyl sites for hydroxylation is 1. The average molecular weight is 211 g/mol. The van der Waals surface area contributed by atoms with Crippen molar-refractivity contribution in [3.63, 3.8) is 0 Å². The van der Waals surface area contributed by atoms with Gasteiger partial charge in [0.25, 0.3) is 5.91 Å². The van der Waals surface area contributed by atoms with Crippen molar-refractivity contribution in [2.75, 3.05) is 6.61 Å². The molecule has 0 radical (unpaired) electrons. The molecular weight excluding hydrogens is 194 g/mol. The van der Waals surface area contributed by atoms with Crippen molar-refractivity contribution in [1.82, 2.24) is 15.1 Å². The molecule has 1 amide bonds. The normalized spacial score (nSPS) is 11.5. The fourth-order valence-corrected chi connectivity index (χ4v) is 1.25. The van der Waals surface area contributed by atoms with E-state index in [2.05, 4.69) is 10.4 Å². The topological polar surface area (TPSA) is 67.2 Å². The molecule has 0 fully saturated rings. The lowest BCUT2D eigenvalue weighted by Crippen LogP contribution is -2.44. The predicted molar refractivity (Wildman–Crippen MR) is 56.5 cm³/mol. The van der Waals surface area contributed by atoms with Crippen LogP contribution in [0.4, 0.5) is 0 Å². The predicted octanol–water partition coefficient (Wildman–Crippen LogP) is 0.311. The fraction of sp³-hybridized carbons (Fsp3) is 0.600. The molecule has 5 nitrogen and oxygen atoms in total. The zero-order valence-corrected chi connectivity index (χ0v) is 9.32. The largest absolute Gasteiger partial charge is 0.396 e. The van der Waals surface area contributed by atoms with Crippen molar-refractivity contribution >= 4 is 5.91 Å². The van der Waals surface area contributed by atoms with Crippen LogP contribution in [0.25, 0.3) is 0 Å². The zero-order valence-electron chi connectivity index (χ0n) is 9.32. The van der Waals surface area contributed by atoms with Gasteiger partial charge in [0.05, 0.1) is 0 Å². The van der Waals surface area contributed by atoms with Crippen LogP contribution in [0.15, 0.2) is 12.3 Å². The summed E-state index contributed by atoms with van der Waals surface area (Å²) in [5.74, 6) is -0.214. The van der Waals surface area contributed by atoms with Crippen molar-refractivity contribution in [2.24, 2.45) is 7.05 Å². The Kier molecular flexibility index (Phi) is 3.47. The number of aromatic nitrogens is 2.